The van der Waals surface area contributed by atoms with Gasteiger partial charge in [0, 0.05) is 17.2 Å². The maximum absolute atomic E-state index is 9.56. The van der Waals surface area contributed by atoms with Crippen LogP contribution in [-0.4, -0.2) is 18.8 Å². The van der Waals surface area contributed by atoms with Crippen molar-refractivity contribution in [2.45, 2.75) is 32.1 Å². The van der Waals surface area contributed by atoms with Gasteiger partial charge in [-0.15, -0.1) is 11.3 Å². The van der Waals surface area contributed by atoms with Gasteiger partial charge in [0.05, 0.1) is 12.7 Å². The maximum Gasteiger partial charge on any atom is 0.118 e. The number of anilines is 1. The first-order valence-corrected chi connectivity index (χ1v) is 9.50. The number of rotatable bonds is 9. The SMILES string of the molecule is C=C/C(=C\C(=C)CCC(=C)Nc1sc2c(c1C#N)CCC(CO)C2)OC. The van der Waals surface area contributed by atoms with Crippen LogP contribution in [0.2, 0.25) is 0 Å². The minimum Gasteiger partial charge on any atom is -0.497 e. The molecule has 1 heterocycles. The van der Waals surface area contributed by atoms with E-state index in [0.717, 1.165) is 59.5 Å². The number of nitrogens with one attached hydrogen (secondary N) is 1. The van der Waals surface area contributed by atoms with Crippen molar-refractivity contribution in [3.8, 4) is 6.07 Å². The predicted octanol–water partition coefficient (Wildman–Crippen LogP) is 4.70. The van der Waals surface area contributed by atoms with Crippen LogP contribution >= 0.6 is 11.3 Å². The lowest BCUT2D eigenvalue weighted by molar-refractivity contribution is 0.214. The highest BCUT2D eigenvalue weighted by Crippen LogP contribution is 2.39. The van der Waals surface area contributed by atoms with Crippen molar-refractivity contribution < 1.29 is 9.84 Å². The van der Waals surface area contributed by atoms with Crippen LogP contribution in [-0.2, 0) is 17.6 Å². The van der Waals surface area contributed by atoms with Crippen molar-refractivity contribution in [3.63, 3.8) is 0 Å². The second-order valence-corrected chi connectivity index (χ2v) is 7.56. The van der Waals surface area contributed by atoms with Gasteiger partial charge in [-0.2, -0.15) is 5.26 Å². The van der Waals surface area contributed by atoms with Gasteiger partial charge in [0.25, 0.3) is 0 Å². The van der Waals surface area contributed by atoms with Crippen molar-refractivity contribution in [1.82, 2.24) is 0 Å². The normalized spacial score (nSPS) is 16.3. The molecule has 4 nitrogen and oxygen atoms in total. The zero-order valence-electron chi connectivity index (χ0n) is 15.3. The number of hydrogen-bond donors (Lipinski definition) is 2. The van der Waals surface area contributed by atoms with E-state index in [2.05, 4.69) is 31.1 Å². The van der Waals surface area contributed by atoms with Crippen LogP contribution in [0.1, 0.15) is 35.3 Å². The van der Waals surface area contributed by atoms with Crippen LogP contribution in [0.15, 0.2) is 48.9 Å². The molecule has 0 fully saturated rings. The second kappa shape index (κ2) is 9.42. The van der Waals surface area contributed by atoms with Gasteiger partial charge in [0.15, 0.2) is 0 Å². The highest BCUT2D eigenvalue weighted by atomic mass is 32.1. The fourth-order valence-corrected chi connectivity index (χ4v) is 4.38. The Morgan fingerprint density at radius 2 is 2.23 bits per heavy atom. The minimum absolute atomic E-state index is 0.207. The Morgan fingerprint density at radius 3 is 2.85 bits per heavy atom. The zero-order chi connectivity index (χ0) is 19.1. The van der Waals surface area contributed by atoms with Gasteiger partial charge in [0.1, 0.15) is 16.8 Å². The van der Waals surface area contributed by atoms with Crippen molar-refractivity contribution >= 4 is 16.3 Å². The maximum atomic E-state index is 9.56. The quantitative estimate of drug-likeness (QED) is 0.489. The van der Waals surface area contributed by atoms with E-state index >= 15 is 0 Å². The van der Waals surface area contributed by atoms with Crippen LogP contribution in [0, 0.1) is 17.2 Å². The average Bonchev–Trinajstić information content (AvgIpc) is 3.00. The summed E-state index contributed by atoms with van der Waals surface area (Å²) in [6.07, 6.45) is 7.61. The highest BCUT2D eigenvalue weighted by Gasteiger charge is 2.25. The van der Waals surface area contributed by atoms with Gasteiger partial charge in [-0.3, -0.25) is 0 Å². The van der Waals surface area contributed by atoms with E-state index in [1.54, 1.807) is 24.5 Å². The molecule has 0 spiro atoms. The lowest BCUT2D eigenvalue weighted by Crippen LogP contribution is -2.16. The number of aliphatic hydroxyl groups is 1. The Balaban J connectivity index is 2.00. The predicted molar refractivity (Wildman–Crippen MR) is 108 cm³/mol. The number of ether oxygens (including phenoxy) is 1. The molecule has 1 atom stereocenters. The van der Waals surface area contributed by atoms with Crippen LogP contribution < -0.4 is 5.32 Å². The molecule has 0 amide bonds. The summed E-state index contributed by atoms with van der Waals surface area (Å²) in [6, 6.07) is 2.34. The van der Waals surface area contributed by atoms with E-state index < -0.39 is 0 Å². The Kier molecular flexibility index (Phi) is 7.26. The van der Waals surface area contributed by atoms with E-state index in [4.69, 9.17) is 4.74 Å². The summed E-state index contributed by atoms with van der Waals surface area (Å²) in [5.41, 5.74) is 3.66. The topological polar surface area (TPSA) is 65.3 Å². The fraction of sp³-hybridized carbons (Fsp3) is 0.381. The molecule has 1 aliphatic rings. The first-order valence-electron chi connectivity index (χ1n) is 8.68. The van der Waals surface area contributed by atoms with E-state index in [1.807, 2.05) is 6.08 Å². The summed E-state index contributed by atoms with van der Waals surface area (Å²) in [7, 11) is 1.60. The van der Waals surface area contributed by atoms with E-state index in [0.29, 0.717) is 11.7 Å². The molecule has 26 heavy (non-hydrogen) atoms. The van der Waals surface area contributed by atoms with Gasteiger partial charge >= 0.3 is 0 Å². The number of aliphatic hydroxyl groups excluding tert-OH is 1. The molecule has 1 aromatic rings. The van der Waals surface area contributed by atoms with Crippen molar-refractivity contribution in [3.05, 3.63) is 64.9 Å². The molecule has 0 saturated heterocycles. The van der Waals surface area contributed by atoms with Crippen LogP contribution in [0.25, 0.3) is 0 Å². The number of nitrogens with zero attached hydrogens (tertiary/aromatic N) is 1. The summed E-state index contributed by atoms with van der Waals surface area (Å²) in [6.45, 7) is 12.0. The summed E-state index contributed by atoms with van der Waals surface area (Å²) in [5.74, 6) is 0.989. The third-order valence-electron chi connectivity index (χ3n) is 4.56. The molecule has 0 radical (unpaired) electrons. The van der Waals surface area contributed by atoms with Crippen LogP contribution in [0.3, 0.4) is 0 Å². The Bertz CT molecular complexity index is 768. The number of fused-ring (bicyclic) bond motifs is 1. The molecule has 1 aromatic heterocycles. The Labute approximate surface area is 159 Å². The molecule has 0 aromatic carbocycles. The van der Waals surface area contributed by atoms with Gasteiger partial charge in [-0.1, -0.05) is 25.3 Å². The summed E-state index contributed by atoms with van der Waals surface area (Å²) < 4.78 is 5.16. The lowest BCUT2D eigenvalue weighted by atomic mass is 9.88. The zero-order valence-corrected chi connectivity index (χ0v) is 16.1. The second-order valence-electron chi connectivity index (χ2n) is 6.45. The third kappa shape index (κ3) is 4.87. The minimum atomic E-state index is 0.207. The summed E-state index contributed by atoms with van der Waals surface area (Å²) >= 11 is 1.61. The molecule has 0 saturated carbocycles. The monoisotopic (exact) mass is 370 g/mol. The van der Waals surface area contributed by atoms with Gasteiger partial charge in [-0.05, 0) is 55.7 Å². The van der Waals surface area contributed by atoms with E-state index in [9.17, 15) is 10.4 Å². The molecule has 0 aliphatic heterocycles. The molecular weight excluding hydrogens is 344 g/mol. The summed E-state index contributed by atoms with van der Waals surface area (Å²) in [5, 5.41) is 23.1. The molecule has 2 N–H and O–H groups in total. The van der Waals surface area contributed by atoms with Crippen LogP contribution in [0.5, 0.6) is 0 Å². The van der Waals surface area contributed by atoms with Crippen molar-refractivity contribution in [1.29, 1.82) is 5.26 Å². The smallest absolute Gasteiger partial charge is 0.118 e. The average molecular weight is 371 g/mol. The third-order valence-corrected chi connectivity index (χ3v) is 5.73. The molecule has 138 valence electrons. The van der Waals surface area contributed by atoms with Gasteiger partial charge < -0.3 is 15.2 Å². The van der Waals surface area contributed by atoms with E-state index in [-0.39, 0.29) is 6.61 Å². The first kappa shape index (κ1) is 20.0. The number of hydrogen-bond acceptors (Lipinski definition) is 5. The molecule has 1 aliphatic carbocycles. The highest BCUT2D eigenvalue weighted by molar-refractivity contribution is 7.16. The Morgan fingerprint density at radius 1 is 1.46 bits per heavy atom. The molecule has 1 unspecified atom stereocenters. The van der Waals surface area contributed by atoms with Gasteiger partial charge in [-0.25, -0.2) is 0 Å². The Hall–Kier alpha value is -2.29. The van der Waals surface area contributed by atoms with Gasteiger partial charge in [0.2, 0.25) is 0 Å². The number of methoxy groups -OCH3 is 1. The molecule has 2 rings (SSSR count). The number of nitriles is 1. The van der Waals surface area contributed by atoms with Crippen molar-refractivity contribution in [2.24, 2.45) is 5.92 Å². The molecular formula is C21H26N2O2S. The first-order chi connectivity index (χ1) is 12.5. The number of thiophene rings is 1. The molecule has 0 bridgehead atoms. The van der Waals surface area contributed by atoms with Crippen molar-refractivity contribution in [2.75, 3.05) is 19.0 Å². The van der Waals surface area contributed by atoms with E-state index in [1.165, 1.54) is 4.88 Å². The standard InChI is InChI=1S/C21H26N2O2S/c1-5-17(25-4)10-14(2)6-7-15(3)23-21-19(12-22)18-9-8-16(13-24)11-20(18)26-21/h5,10,16,23-24H,1-3,6-9,11,13H2,4H3/b17-10+. The van der Waals surface area contributed by atoms with Crippen LogP contribution in [0.4, 0.5) is 5.00 Å². The molecule has 5 heteroatoms. The number of allylic oxidation sites excluding steroid dienone is 4. The summed E-state index contributed by atoms with van der Waals surface area (Å²) in [4.78, 5) is 1.21. The fourth-order valence-electron chi connectivity index (χ4n) is 3.03. The largest absolute Gasteiger partial charge is 0.497 e. The lowest BCUT2D eigenvalue weighted by Gasteiger charge is -2.19.